The van der Waals surface area contributed by atoms with Crippen molar-refractivity contribution in [2.45, 2.75) is 6.92 Å². The van der Waals surface area contributed by atoms with Gasteiger partial charge in [0.2, 0.25) is 0 Å². The first-order valence-corrected chi connectivity index (χ1v) is 13.1. The lowest BCUT2D eigenvalue weighted by Gasteiger charge is -2.10. The molecular formula is C32H26FN5O4. The number of rotatable bonds is 7. The van der Waals surface area contributed by atoms with Gasteiger partial charge >= 0.3 is 0 Å². The maximum atomic E-state index is 15.2. The Morgan fingerprint density at radius 2 is 1.74 bits per heavy atom. The summed E-state index contributed by atoms with van der Waals surface area (Å²) in [5.41, 5.74) is 3.12. The number of hydrogen-bond donors (Lipinski definition) is 2. The first-order chi connectivity index (χ1) is 20.3. The van der Waals surface area contributed by atoms with Crippen LogP contribution in [0, 0.1) is 12.7 Å². The quantitative estimate of drug-likeness (QED) is 0.240. The summed E-state index contributed by atoms with van der Waals surface area (Å²) in [7, 11) is 3.31. The van der Waals surface area contributed by atoms with E-state index in [9.17, 15) is 9.59 Å². The van der Waals surface area contributed by atoms with E-state index in [-0.39, 0.29) is 17.0 Å². The molecule has 210 valence electrons. The van der Waals surface area contributed by atoms with Gasteiger partial charge in [-0.25, -0.2) is 14.1 Å². The Labute approximate surface area is 239 Å². The number of methoxy groups -OCH3 is 1. The number of ether oxygens (including phenoxy) is 2. The van der Waals surface area contributed by atoms with E-state index in [0.29, 0.717) is 28.2 Å². The number of anilines is 1. The summed E-state index contributed by atoms with van der Waals surface area (Å²) in [6, 6.07) is 24.2. The first-order valence-electron chi connectivity index (χ1n) is 13.1. The maximum absolute atomic E-state index is 15.2. The van der Waals surface area contributed by atoms with Crippen LogP contribution in [-0.2, 0) is 7.05 Å². The van der Waals surface area contributed by atoms with Gasteiger partial charge in [-0.1, -0.05) is 18.2 Å². The van der Waals surface area contributed by atoms with Crippen molar-refractivity contribution in [3.8, 4) is 34.2 Å². The summed E-state index contributed by atoms with van der Waals surface area (Å²) in [6.45, 7) is 1.68. The predicted octanol–water partition coefficient (Wildman–Crippen LogP) is 6.22. The zero-order valence-electron chi connectivity index (χ0n) is 23.0. The largest absolute Gasteiger partial charge is 0.497 e. The van der Waals surface area contributed by atoms with Crippen LogP contribution in [0.15, 0.2) is 95.9 Å². The molecule has 0 aliphatic carbocycles. The van der Waals surface area contributed by atoms with Gasteiger partial charge in [-0.05, 0) is 73.2 Å². The number of nitrogens with zero attached hydrogens (tertiary/aromatic N) is 3. The second kappa shape index (κ2) is 10.7. The van der Waals surface area contributed by atoms with Gasteiger partial charge in [0, 0.05) is 30.7 Å². The second-order valence-electron chi connectivity index (χ2n) is 9.62. The third-order valence-corrected chi connectivity index (χ3v) is 7.08. The standard InChI is InChI=1S/C32H26FN5O4/c1-19-29(32(40)38(37(19)2)22-7-5-4-6-8-22)31(39)35-21-11-14-28(25(33)17-21)42-27-15-16-34-30-24(27)18-26(36-30)20-9-12-23(41-3)13-10-20/h4-18H,1-3H3,(H,34,36)(H,35,39). The monoisotopic (exact) mass is 563 g/mol. The number of amides is 1. The first kappa shape index (κ1) is 26.6. The van der Waals surface area contributed by atoms with Crippen molar-refractivity contribution in [1.82, 2.24) is 19.3 Å². The van der Waals surface area contributed by atoms with Crippen molar-refractivity contribution in [2.75, 3.05) is 12.4 Å². The van der Waals surface area contributed by atoms with E-state index in [1.165, 1.54) is 16.8 Å². The van der Waals surface area contributed by atoms with Crippen molar-refractivity contribution in [3.63, 3.8) is 0 Å². The minimum absolute atomic E-state index is 0.0265. The summed E-state index contributed by atoms with van der Waals surface area (Å²) >= 11 is 0. The van der Waals surface area contributed by atoms with E-state index < -0.39 is 17.3 Å². The van der Waals surface area contributed by atoms with Crippen LogP contribution >= 0.6 is 0 Å². The smallest absolute Gasteiger partial charge is 0.284 e. The van der Waals surface area contributed by atoms with Gasteiger partial charge in [-0.2, -0.15) is 0 Å². The number of H-pyrrole nitrogens is 1. The average molecular weight is 564 g/mol. The molecule has 0 bridgehead atoms. The average Bonchev–Trinajstić information content (AvgIpc) is 3.53. The van der Waals surface area contributed by atoms with Gasteiger partial charge in [0.25, 0.3) is 11.5 Å². The highest BCUT2D eigenvalue weighted by molar-refractivity contribution is 6.05. The molecule has 2 N–H and O–H groups in total. The van der Waals surface area contributed by atoms with Gasteiger partial charge in [0.1, 0.15) is 22.7 Å². The van der Waals surface area contributed by atoms with Gasteiger partial charge in [0.15, 0.2) is 11.6 Å². The Hall–Kier alpha value is -5.64. The summed E-state index contributed by atoms with van der Waals surface area (Å²) in [4.78, 5) is 33.9. The van der Waals surface area contributed by atoms with Gasteiger partial charge < -0.3 is 19.8 Å². The predicted molar refractivity (Wildman–Crippen MR) is 158 cm³/mol. The minimum atomic E-state index is -0.685. The molecule has 42 heavy (non-hydrogen) atoms. The second-order valence-corrected chi connectivity index (χ2v) is 9.62. The Kier molecular flexibility index (Phi) is 6.79. The van der Waals surface area contributed by atoms with Crippen LogP contribution in [0.3, 0.4) is 0 Å². The molecule has 10 heteroatoms. The molecule has 0 aliphatic rings. The molecule has 0 spiro atoms. The van der Waals surface area contributed by atoms with Crippen molar-refractivity contribution >= 4 is 22.6 Å². The molecule has 0 saturated heterocycles. The third-order valence-electron chi connectivity index (χ3n) is 7.08. The number of para-hydroxylation sites is 1. The van der Waals surface area contributed by atoms with Crippen LogP contribution < -0.4 is 20.3 Å². The Balaban J connectivity index is 1.24. The number of carbonyl (C=O) groups is 1. The van der Waals surface area contributed by atoms with Crippen molar-refractivity contribution in [1.29, 1.82) is 0 Å². The molecule has 0 fully saturated rings. The van der Waals surface area contributed by atoms with Crippen LogP contribution in [-0.4, -0.2) is 32.3 Å². The summed E-state index contributed by atoms with van der Waals surface area (Å²) in [5, 5.41) is 3.31. The van der Waals surface area contributed by atoms with Crippen LogP contribution in [0.25, 0.3) is 28.0 Å². The summed E-state index contributed by atoms with van der Waals surface area (Å²) in [6.07, 6.45) is 1.57. The molecule has 3 aromatic heterocycles. The fourth-order valence-electron chi connectivity index (χ4n) is 4.82. The molecule has 9 nitrogen and oxygen atoms in total. The third kappa shape index (κ3) is 4.79. The van der Waals surface area contributed by atoms with Gasteiger partial charge in [-0.3, -0.25) is 14.3 Å². The fraction of sp³-hybridized carbons (Fsp3) is 0.0938. The molecule has 0 aliphatic heterocycles. The number of halogens is 1. The van der Waals surface area contributed by atoms with E-state index in [1.807, 2.05) is 48.5 Å². The molecular weight excluding hydrogens is 537 g/mol. The number of nitrogens with one attached hydrogen (secondary N) is 2. The molecule has 0 saturated carbocycles. The van der Waals surface area contributed by atoms with Crippen molar-refractivity contribution < 1.29 is 18.7 Å². The lowest BCUT2D eigenvalue weighted by atomic mass is 10.1. The highest BCUT2D eigenvalue weighted by Gasteiger charge is 2.23. The van der Waals surface area contributed by atoms with Gasteiger partial charge in [-0.15, -0.1) is 0 Å². The summed E-state index contributed by atoms with van der Waals surface area (Å²) in [5.74, 6) is -0.196. The highest BCUT2D eigenvalue weighted by atomic mass is 19.1. The lowest BCUT2D eigenvalue weighted by Crippen LogP contribution is -2.25. The Morgan fingerprint density at radius 3 is 2.45 bits per heavy atom. The Bertz CT molecular complexity index is 1990. The molecule has 0 unspecified atom stereocenters. The zero-order chi connectivity index (χ0) is 29.4. The van der Waals surface area contributed by atoms with Crippen LogP contribution in [0.2, 0.25) is 0 Å². The van der Waals surface area contributed by atoms with Crippen molar-refractivity contribution in [2.24, 2.45) is 7.05 Å². The van der Waals surface area contributed by atoms with E-state index in [4.69, 9.17) is 9.47 Å². The molecule has 3 aromatic carbocycles. The number of aromatic amines is 1. The molecule has 1 amide bonds. The lowest BCUT2D eigenvalue weighted by molar-refractivity contribution is 0.102. The number of benzene rings is 3. The number of aromatic nitrogens is 4. The maximum Gasteiger partial charge on any atom is 0.284 e. The SMILES string of the molecule is COc1ccc(-c2cc3c(Oc4ccc(NC(=O)c5c(C)n(C)n(-c6ccccc6)c5=O)cc4F)ccnc3[nH]2)cc1. The number of fused-ring (bicyclic) bond motifs is 1. The van der Waals surface area contributed by atoms with E-state index in [1.54, 1.807) is 50.2 Å². The molecule has 3 heterocycles. The van der Waals surface area contributed by atoms with Crippen LogP contribution in [0.4, 0.5) is 10.1 Å². The van der Waals surface area contributed by atoms with Crippen LogP contribution in [0.5, 0.6) is 17.2 Å². The Morgan fingerprint density at radius 1 is 0.976 bits per heavy atom. The zero-order valence-corrected chi connectivity index (χ0v) is 23.0. The minimum Gasteiger partial charge on any atom is -0.497 e. The number of hydrogen-bond acceptors (Lipinski definition) is 5. The van der Waals surface area contributed by atoms with Crippen LogP contribution in [0.1, 0.15) is 16.1 Å². The summed E-state index contributed by atoms with van der Waals surface area (Å²) < 4.78 is 29.4. The molecule has 0 atom stereocenters. The normalized spacial score (nSPS) is 11.0. The molecule has 6 aromatic rings. The van der Waals surface area contributed by atoms with E-state index >= 15 is 4.39 Å². The number of pyridine rings is 1. The fourth-order valence-corrected chi connectivity index (χ4v) is 4.82. The molecule has 0 radical (unpaired) electrons. The number of carbonyl (C=O) groups excluding carboxylic acids is 1. The van der Waals surface area contributed by atoms with Crippen molar-refractivity contribution in [3.05, 3.63) is 119 Å². The molecule has 6 rings (SSSR count). The highest BCUT2D eigenvalue weighted by Crippen LogP contribution is 2.34. The van der Waals surface area contributed by atoms with E-state index in [0.717, 1.165) is 23.1 Å². The van der Waals surface area contributed by atoms with Gasteiger partial charge in [0.05, 0.1) is 23.9 Å². The van der Waals surface area contributed by atoms with E-state index in [2.05, 4.69) is 15.3 Å². The topological polar surface area (TPSA) is 103 Å².